The standard InChI is InChI=1S/C25H24FN2O/c1-13(2)9-16-11-17-10-14(3)15(4)21-22(17)20(12-16)29-25-24(21)28(5)19-8-6-7-18(26)23(19)27-25/h6-8,10-13H,9H2,1-5H3/q+1. The second kappa shape index (κ2) is 6.24. The lowest BCUT2D eigenvalue weighted by molar-refractivity contribution is -0.634. The van der Waals surface area contributed by atoms with E-state index in [2.05, 4.69) is 50.9 Å². The number of nitrogens with zero attached hydrogens (tertiary/aromatic N) is 2. The van der Waals surface area contributed by atoms with Gasteiger partial charge in [0.15, 0.2) is 11.3 Å². The molecule has 0 unspecified atom stereocenters. The molecule has 0 bridgehead atoms. The van der Waals surface area contributed by atoms with Crippen LogP contribution in [0.15, 0.2) is 36.4 Å². The molecule has 1 aromatic heterocycles. The number of fused-ring (bicyclic) bond motifs is 3. The van der Waals surface area contributed by atoms with E-state index < -0.39 is 0 Å². The van der Waals surface area contributed by atoms with Crippen LogP contribution in [-0.2, 0) is 13.5 Å². The van der Waals surface area contributed by atoms with Crippen molar-refractivity contribution in [1.82, 2.24) is 4.98 Å². The van der Waals surface area contributed by atoms with Gasteiger partial charge in [-0.05, 0) is 60.4 Å². The minimum absolute atomic E-state index is 0.331. The molecule has 0 aliphatic carbocycles. The van der Waals surface area contributed by atoms with Crippen LogP contribution in [0.1, 0.15) is 30.5 Å². The second-order valence-corrected chi connectivity index (χ2v) is 8.52. The van der Waals surface area contributed by atoms with E-state index in [0.717, 1.165) is 34.3 Å². The number of aromatic nitrogens is 2. The summed E-state index contributed by atoms with van der Waals surface area (Å²) in [4.78, 5) is 4.61. The average Bonchev–Trinajstić information content (AvgIpc) is 2.65. The molecule has 2 heterocycles. The Balaban J connectivity index is 1.92. The molecule has 4 heteroatoms. The molecule has 0 radical (unpaired) electrons. The van der Waals surface area contributed by atoms with E-state index >= 15 is 0 Å². The van der Waals surface area contributed by atoms with Gasteiger partial charge in [0.25, 0.3) is 11.6 Å². The van der Waals surface area contributed by atoms with E-state index in [1.54, 1.807) is 6.07 Å². The maximum Gasteiger partial charge on any atom is 0.295 e. The first-order valence-electron chi connectivity index (χ1n) is 10.1. The van der Waals surface area contributed by atoms with Crippen LogP contribution < -0.4 is 9.30 Å². The molecule has 146 valence electrons. The highest BCUT2D eigenvalue weighted by Gasteiger charge is 2.33. The first-order chi connectivity index (χ1) is 13.8. The van der Waals surface area contributed by atoms with Crippen molar-refractivity contribution in [2.24, 2.45) is 13.0 Å². The fourth-order valence-electron chi connectivity index (χ4n) is 4.52. The third kappa shape index (κ3) is 2.62. The molecule has 0 spiro atoms. The maximum atomic E-state index is 14.5. The van der Waals surface area contributed by atoms with E-state index in [4.69, 9.17) is 4.74 Å². The summed E-state index contributed by atoms with van der Waals surface area (Å²) < 4.78 is 22.8. The maximum absolute atomic E-state index is 14.5. The van der Waals surface area contributed by atoms with Crippen molar-refractivity contribution in [3.05, 3.63) is 58.9 Å². The minimum atomic E-state index is -0.338. The zero-order chi connectivity index (χ0) is 20.4. The van der Waals surface area contributed by atoms with Crippen molar-refractivity contribution in [2.75, 3.05) is 0 Å². The fourth-order valence-corrected chi connectivity index (χ4v) is 4.52. The molecule has 1 aliphatic rings. The number of benzene rings is 3. The molecule has 5 rings (SSSR count). The van der Waals surface area contributed by atoms with Crippen LogP contribution in [0.2, 0.25) is 0 Å². The normalized spacial score (nSPS) is 12.5. The predicted molar refractivity (Wildman–Crippen MR) is 114 cm³/mol. The average molecular weight is 387 g/mol. The largest absolute Gasteiger partial charge is 0.433 e. The van der Waals surface area contributed by atoms with Crippen LogP contribution in [0.3, 0.4) is 0 Å². The Hall–Kier alpha value is -3.01. The highest BCUT2D eigenvalue weighted by Crippen LogP contribution is 2.47. The molecule has 0 N–H and O–H groups in total. The van der Waals surface area contributed by atoms with Gasteiger partial charge in [0.1, 0.15) is 12.8 Å². The molecule has 0 saturated carbocycles. The summed E-state index contributed by atoms with van der Waals surface area (Å²) >= 11 is 0. The summed E-state index contributed by atoms with van der Waals surface area (Å²) in [5, 5.41) is 2.29. The molecule has 0 amide bonds. The Labute approximate surface area is 169 Å². The number of halogens is 1. The van der Waals surface area contributed by atoms with E-state index in [9.17, 15) is 4.39 Å². The van der Waals surface area contributed by atoms with Crippen LogP contribution in [0.5, 0.6) is 11.6 Å². The molecular formula is C25H24FN2O+. The third-order valence-corrected chi connectivity index (χ3v) is 5.95. The monoisotopic (exact) mass is 387 g/mol. The third-order valence-electron chi connectivity index (χ3n) is 5.95. The Morgan fingerprint density at radius 1 is 1.14 bits per heavy atom. The zero-order valence-electron chi connectivity index (χ0n) is 17.4. The predicted octanol–water partition coefficient (Wildman–Crippen LogP) is 5.94. The van der Waals surface area contributed by atoms with Crippen LogP contribution in [-0.4, -0.2) is 4.98 Å². The van der Waals surface area contributed by atoms with Gasteiger partial charge in [-0.15, -0.1) is 0 Å². The van der Waals surface area contributed by atoms with E-state index in [-0.39, 0.29) is 5.82 Å². The minimum Gasteiger partial charge on any atom is -0.433 e. The highest BCUT2D eigenvalue weighted by atomic mass is 19.1. The lowest BCUT2D eigenvalue weighted by Crippen LogP contribution is -2.34. The lowest BCUT2D eigenvalue weighted by Gasteiger charge is -2.22. The molecule has 3 aromatic carbocycles. The van der Waals surface area contributed by atoms with Crippen molar-refractivity contribution in [3.63, 3.8) is 0 Å². The number of hydrogen-bond acceptors (Lipinski definition) is 2. The van der Waals surface area contributed by atoms with Gasteiger partial charge in [0.05, 0.1) is 5.56 Å². The molecule has 29 heavy (non-hydrogen) atoms. The van der Waals surface area contributed by atoms with Crippen LogP contribution >= 0.6 is 0 Å². The van der Waals surface area contributed by atoms with Crippen LogP contribution in [0, 0.1) is 25.6 Å². The molecule has 0 saturated heterocycles. The summed E-state index contributed by atoms with van der Waals surface area (Å²) in [6.07, 6.45) is 0.981. The van der Waals surface area contributed by atoms with Gasteiger partial charge in [-0.25, -0.2) is 4.39 Å². The summed E-state index contributed by atoms with van der Waals surface area (Å²) in [5.41, 5.74) is 6.79. The van der Waals surface area contributed by atoms with Crippen molar-refractivity contribution in [1.29, 1.82) is 0 Å². The zero-order valence-corrected chi connectivity index (χ0v) is 17.4. The number of para-hydroxylation sites is 1. The molecule has 1 aliphatic heterocycles. The summed E-state index contributed by atoms with van der Waals surface area (Å²) in [5.74, 6) is 1.49. The van der Waals surface area contributed by atoms with E-state index in [1.807, 2.05) is 17.7 Å². The topological polar surface area (TPSA) is 26.0 Å². The van der Waals surface area contributed by atoms with Gasteiger partial charge in [0, 0.05) is 11.5 Å². The van der Waals surface area contributed by atoms with Crippen molar-refractivity contribution in [3.8, 4) is 22.9 Å². The van der Waals surface area contributed by atoms with Crippen LogP contribution in [0.25, 0.3) is 33.1 Å². The first-order valence-corrected chi connectivity index (χ1v) is 10.1. The number of ether oxygens (including phenoxy) is 1. The van der Waals surface area contributed by atoms with Crippen LogP contribution in [0.4, 0.5) is 4.39 Å². The highest BCUT2D eigenvalue weighted by molar-refractivity contribution is 6.05. The molecule has 3 nitrogen and oxygen atoms in total. The first kappa shape index (κ1) is 18.0. The molecular weight excluding hydrogens is 363 g/mol. The number of hydrogen-bond donors (Lipinski definition) is 0. The number of aryl methyl sites for hydroxylation is 2. The number of rotatable bonds is 2. The van der Waals surface area contributed by atoms with Gasteiger partial charge in [-0.3, -0.25) is 0 Å². The Bertz CT molecular complexity index is 1320. The Morgan fingerprint density at radius 2 is 1.93 bits per heavy atom. The SMILES string of the molecule is Cc1cc2cc(CC(C)C)cc3c2c(c1C)-c1c(nc2c(F)cccc2[n+]1C)O3. The van der Waals surface area contributed by atoms with Crippen molar-refractivity contribution in [2.45, 2.75) is 34.1 Å². The van der Waals surface area contributed by atoms with Gasteiger partial charge < -0.3 is 4.74 Å². The summed E-state index contributed by atoms with van der Waals surface area (Å²) in [7, 11) is 1.96. The van der Waals surface area contributed by atoms with E-state index in [1.165, 1.54) is 28.1 Å². The van der Waals surface area contributed by atoms with Gasteiger partial charge in [-0.2, -0.15) is 9.55 Å². The lowest BCUT2D eigenvalue weighted by atomic mass is 9.89. The van der Waals surface area contributed by atoms with Crippen molar-refractivity contribution >= 4 is 21.8 Å². The Morgan fingerprint density at radius 3 is 2.69 bits per heavy atom. The fraction of sp³-hybridized carbons (Fsp3) is 0.280. The van der Waals surface area contributed by atoms with Gasteiger partial charge >= 0.3 is 0 Å². The van der Waals surface area contributed by atoms with Crippen molar-refractivity contribution < 1.29 is 13.7 Å². The van der Waals surface area contributed by atoms with Gasteiger partial charge in [-0.1, -0.05) is 32.0 Å². The molecule has 4 aromatic rings. The summed E-state index contributed by atoms with van der Waals surface area (Å²) in [6, 6.07) is 11.7. The molecule has 0 atom stereocenters. The second-order valence-electron chi connectivity index (χ2n) is 8.52. The quantitative estimate of drug-likeness (QED) is 0.350. The molecule has 0 fully saturated rings. The smallest absolute Gasteiger partial charge is 0.295 e. The van der Waals surface area contributed by atoms with E-state index in [0.29, 0.717) is 17.3 Å². The van der Waals surface area contributed by atoms with Gasteiger partial charge in [0.2, 0.25) is 5.52 Å². The Kier molecular flexibility index (Phi) is 3.89. The summed E-state index contributed by atoms with van der Waals surface area (Å²) in [6.45, 7) is 8.71.